The number of carbonyl (C=O) groups excluding carboxylic acids is 1. The van der Waals surface area contributed by atoms with Crippen LogP contribution >= 0.6 is 0 Å². The minimum atomic E-state index is -3.67. The first kappa shape index (κ1) is 21.7. The molecule has 2 aliphatic rings. The van der Waals surface area contributed by atoms with Crippen LogP contribution in [0, 0.1) is 5.41 Å². The first-order valence-corrected chi connectivity index (χ1v) is 12.7. The van der Waals surface area contributed by atoms with Gasteiger partial charge in [0.2, 0.25) is 10.0 Å². The van der Waals surface area contributed by atoms with Crippen molar-refractivity contribution in [1.82, 2.24) is 9.29 Å². The Kier molecular flexibility index (Phi) is 5.72. The molecule has 1 atom stereocenters. The number of benzene rings is 2. The number of hydrogen-bond acceptors (Lipinski definition) is 4. The maximum absolute atomic E-state index is 13.6. The summed E-state index contributed by atoms with van der Waals surface area (Å²) < 4.78 is 28.7. The van der Waals surface area contributed by atoms with E-state index >= 15 is 0 Å². The highest BCUT2D eigenvalue weighted by Crippen LogP contribution is 2.46. The molecule has 1 aliphatic carbocycles. The van der Waals surface area contributed by atoms with Crippen molar-refractivity contribution in [2.75, 3.05) is 13.1 Å². The molecule has 0 spiro atoms. The van der Waals surface area contributed by atoms with Gasteiger partial charge in [-0.15, -0.1) is 0 Å². The zero-order valence-electron chi connectivity index (χ0n) is 18.4. The summed E-state index contributed by atoms with van der Waals surface area (Å²) in [6.07, 6.45) is 7.80. The van der Waals surface area contributed by atoms with Gasteiger partial charge in [0.05, 0.1) is 4.90 Å². The summed E-state index contributed by atoms with van der Waals surface area (Å²) in [5, 5.41) is 0. The molecule has 33 heavy (non-hydrogen) atoms. The van der Waals surface area contributed by atoms with E-state index in [2.05, 4.69) is 17.1 Å². The van der Waals surface area contributed by atoms with E-state index in [9.17, 15) is 13.2 Å². The lowest BCUT2D eigenvalue weighted by atomic mass is 9.65. The zero-order chi connectivity index (χ0) is 22.9. The van der Waals surface area contributed by atoms with E-state index in [1.807, 2.05) is 48.5 Å². The highest BCUT2D eigenvalue weighted by atomic mass is 32.2. The summed E-state index contributed by atoms with van der Waals surface area (Å²) in [7, 11) is -3.67. The molecule has 1 aliphatic heterocycles. The summed E-state index contributed by atoms with van der Waals surface area (Å²) in [6.45, 7) is 0.694. The number of hydrogen-bond donors (Lipinski definition) is 0. The van der Waals surface area contributed by atoms with Crippen LogP contribution in [-0.2, 0) is 21.2 Å². The Morgan fingerprint density at radius 2 is 1.73 bits per heavy atom. The first-order valence-electron chi connectivity index (χ1n) is 11.2. The van der Waals surface area contributed by atoms with E-state index in [1.165, 1.54) is 0 Å². The molecule has 3 aromatic rings. The van der Waals surface area contributed by atoms with Crippen molar-refractivity contribution >= 4 is 15.8 Å². The molecule has 1 fully saturated rings. The van der Waals surface area contributed by atoms with E-state index in [0.717, 1.165) is 28.7 Å². The third-order valence-electron chi connectivity index (χ3n) is 6.84. The van der Waals surface area contributed by atoms with Crippen LogP contribution in [0.3, 0.4) is 0 Å². The lowest BCUT2D eigenvalue weighted by molar-refractivity contribution is -0.120. The normalized spacial score (nSPS) is 21.3. The van der Waals surface area contributed by atoms with Gasteiger partial charge in [-0.3, -0.25) is 9.78 Å². The van der Waals surface area contributed by atoms with Gasteiger partial charge in [0.15, 0.2) is 0 Å². The number of sulfonamides is 1. The zero-order valence-corrected chi connectivity index (χ0v) is 19.2. The molecule has 1 saturated carbocycles. The third-order valence-corrected chi connectivity index (χ3v) is 8.67. The second-order valence-electron chi connectivity index (χ2n) is 8.95. The van der Waals surface area contributed by atoms with Crippen molar-refractivity contribution in [3.05, 3.63) is 96.3 Å². The SMILES string of the molecule is O=C1CCC2(Cc3ccccc3)CN(S(=O)(=O)c3ccc(-c4cccnc4)cc3)CC=C2C1. The summed E-state index contributed by atoms with van der Waals surface area (Å²) in [4.78, 5) is 16.6. The number of aromatic nitrogens is 1. The van der Waals surface area contributed by atoms with Crippen molar-refractivity contribution in [1.29, 1.82) is 0 Å². The average molecular weight is 459 g/mol. The highest BCUT2D eigenvalue weighted by Gasteiger charge is 2.45. The minimum absolute atomic E-state index is 0.243. The maximum Gasteiger partial charge on any atom is 0.243 e. The Labute approximate surface area is 194 Å². The number of ketones is 1. The van der Waals surface area contributed by atoms with E-state index < -0.39 is 10.0 Å². The van der Waals surface area contributed by atoms with E-state index in [0.29, 0.717) is 32.4 Å². The molecule has 0 saturated heterocycles. The summed E-state index contributed by atoms with van der Waals surface area (Å²) in [6, 6.07) is 21.0. The second kappa shape index (κ2) is 8.69. The van der Waals surface area contributed by atoms with Crippen molar-refractivity contribution in [3.8, 4) is 11.1 Å². The molecule has 2 aromatic carbocycles. The number of nitrogens with zero attached hydrogens (tertiary/aromatic N) is 2. The van der Waals surface area contributed by atoms with Crippen molar-refractivity contribution in [3.63, 3.8) is 0 Å². The van der Waals surface area contributed by atoms with Gasteiger partial charge in [-0.05, 0) is 47.7 Å². The van der Waals surface area contributed by atoms with Gasteiger partial charge in [-0.2, -0.15) is 4.31 Å². The van der Waals surface area contributed by atoms with Crippen LogP contribution in [0.1, 0.15) is 24.8 Å². The quantitative estimate of drug-likeness (QED) is 0.522. The maximum atomic E-state index is 13.6. The molecular formula is C27H26N2O3S. The predicted octanol–water partition coefficient (Wildman–Crippen LogP) is 4.66. The van der Waals surface area contributed by atoms with Crippen molar-refractivity contribution in [2.24, 2.45) is 5.41 Å². The topological polar surface area (TPSA) is 67.3 Å². The molecule has 0 bridgehead atoms. The van der Waals surface area contributed by atoms with Gasteiger partial charge >= 0.3 is 0 Å². The largest absolute Gasteiger partial charge is 0.299 e. The molecule has 168 valence electrons. The van der Waals surface area contributed by atoms with Gasteiger partial charge in [0.1, 0.15) is 5.78 Å². The molecule has 2 heterocycles. The van der Waals surface area contributed by atoms with Crippen molar-refractivity contribution < 1.29 is 13.2 Å². The molecule has 1 unspecified atom stereocenters. The average Bonchev–Trinajstić information content (AvgIpc) is 2.85. The van der Waals surface area contributed by atoms with Gasteiger partial charge < -0.3 is 0 Å². The Hall–Kier alpha value is -3.09. The fraction of sp³-hybridized carbons (Fsp3) is 0.259. The Morgan fingerprint density at radius 3 is 2.45 bits per heavy atom. The van der Waals surface area contributed by atoms with Gasteiger partial charge in [0, 0.05) is 43.7 Å². The molecule has 0 radical (unpaired) electrons. The van der Waals surface area contributed by atoms with E-state index in [1.54, 1.807) is 28.8 Å². The fourth-order valence-electron chi connectivity index (χ4n) is 5.04. The lowest BCUT2D eigenvalue weighted by Crippen LogP contribution is -2.49. The summed E-state index contributed by atoms with van der Waals surface area (Å²) >= 11 is 0. The van der Waals surface area contributed by atoms with Gasteiger partial charge in [-0.1, -0.05) is 60.2 Å². The van der Waals surface area contributed by atoms with Crippen molar-refractivity contribution in [2.45, 2.75) is 30.6 Å². The van der Waals surface area contributed by atoms with E-state index in [4.69, 9.17) is 0 Å². The number of rotatable bonds is 5. The lowest BCUT2D eigenvalue weighted by Gasteiger charge is -2.45. The molecule has 1 aromatic heterocycles. The standard InChI is InChI=1S/C27H26N2O3S/c30-25-12-14-27(18-21-5-2-1-3-6-21)20-29(16-13-24(27)17-25)33(31,32)26-10-8-22(9-11-26)23-7-4-15-28-19-23/h1-11,13,15,19H,12,14,16-18,20H2. The Balaban J connectivity index is 1.45. The molecular weight excluding hydrogens is 432 g/mol. The first-order chi connectivity index (χ1) is 16.0. The third kappa shape index (κ3) is 4.28. The smallest absolute Gasteiger partial charge is 0.243 e. The van der Waals surface area contributed by atoms with Crippen LogP contribution in [0.5, 0.6) is 0 Å². The second-order valence-corrected chi connectivity index (χ2v) is 10.9. The molecule has 5 nitrogen and oxygen atoms in total. The van der Waals surface area contributed by atoms with Crippen LogP contribution < -0.4 is 0 Å². The molecule has 0 N–H and O–H groups in total. The van der Waals surface area contributed by atoms with Gasteiger partial charge in [0.25, 0.3) is 0 Å². The number of carbonyl (C=O) groups is 1. The highest BCUT2D eigenvalue weighted by molar-refractivity contribution is 7.89. The number of fused-ring (bicyclic) bond motifs is 1. The van der Waals surface area contributed by atoms with Crippen LogP contribution in [-0.4, -0.2) is 36.6 Å². The summed E-state index contributed by atoms with van der Waals surface area (Å²) in [5.74, 6) is 0.243. The molecule has 0 amide bonds. The van der Waals surface area contributed by atoms with Gasteiger partial charge in [-0.25, -0.2) is 8.42 Å². The monoisotopic (exact) mass is 458 g/mol. The fourth-order valence-corrected chi connectivity index (χ4v) is 6.51. The van der Waals surface area contributed by atoms with Crippen LogP contribution in [0.4, 0.5) is 0 Å². The van der Waals surface area contributed by atoms with Crippen LogP contribution in [0.15, 0.2) is 95.7 Å². The van der Waals surface area contributed by atoms with Crippen LogP contribution in [0.25, 0.3) is 11.1 Å². The molecule has 5 rings (SSSR count). The number of Topliss-reactive ketones (excluding diaryl/α,β-unsaturated/α-hetero) is 1. The number of pyridine rings is 1. The predicted molar refractivity (Wildman–Crippen MR) is 128 cm³/mol. The Bertz CT molecular complexity index is 1290. The minimum Gasteiger partial charge on any atom is -0.299 e. The molecule has 6 heteroatoms. The Morgan fingerprint density at radius 1 is 0.939 bits per heavy atom. The van der Waals surface area contributed by atoms with Crippen LogP contribution in [0.2, 0.25) is 0 Å². The van der Waals surface area contributed by atoms with E-state index in [-0.39, 0.29) is 16.1 Å². The summed E-state index contributed by atoms with van der Waals surface area (Å²) in [5.41, 5.74) is 3.80.